The Bertz CT molecular complexity index is 702. The normalized spacial score (nSPS) is 19.8. The molecule has 6 nitrogen and oxygen atoms in total. The first-order valence-corrected chi connectivity index (χ1v) is 6.54. The van der Waals surface area contributed by atoms with Crippen LogP contribution in [0.15, 0.2) is 42.9 Å². The van der Waals surface area contributed by atoms with Gasteiger partial charge in [-0.15, -0.1) is 0 Å². The summed E-state index contributed by atoms with van der Waals surface area (Å²) in [4.78, 5) is 31.8. The number of hydrogen-bond acceptors (Lipinski definition) is 4. The zero-order valence-electron chi connectivity index (χ0n) is 11.1. The Balaban J connectivity index is 1.98. The first-order valence-electron chi connectivity index (χ1n) is 6.54. The van der Waals surface area contributed by atoms with Gasteiger partial charge in [-0.25, -0.2) is 9.78 Å². The Labute approximate surface area is 120 Å². The lowest BCUT2D eigenvalue weighted by atomic mass is 9.91. The van der Waals surface area contributed by atoms with E-state index in [9.17, 15) is 14.7 Å². The van der Waals surface area contributed by atoms with Gasteiger partial charge in [0, 0.05) is 12.4 Å². The van der Waals surface area contributed by atoms with Crippen molar-refractivity contribution < 1.29 is 14.7 Å². The molecule has 1 aromatic heterocycles. The summed E-state index contributed by atoms with van der Waals surface area (Å²) in [5.41, 5.74) is 0.280. The number of aromatic nitrogens is 2. The van der Waals surface area contributed by atoms with Crippen molar-refractivity contribution in [2.75, 3.05) is 0 Å². The summed E-state index contributed by atoms with van der Waals surface area (Å²) in [6.45, 7) is 0. The Hall–Kier alpha value is -2.76. The molecule has 1 aliphatic rings. The van der Waals surface area contributed by atoms with Crippen molar-refractivity contribution >= 4 is 11.9 Å². The predicted molar refractivity (Wildman–Crippen MR) is 73.6 cm³/mol. The number of carbonyl (C=O) groups is 2. The number of aryl methyl sites for hydroxylation is 1. The third-order valence-electron chi connectivity index (χ3n) is 3.73. The van der Waals surface area contributed by atoms with Crippen LogP contribution in [0, 0.1) is 0 Å². The fourth-order valence-electron chi connectivity index (χ4n) is 2.69. The summed E-state index contributed by atoms with van der Waals surface area (Å²) >= 11 is 0. The molecule has 2 N–H and O–H groups in total. The molecule has 0 saturated heterocycles. The van der Waals surface area contributed by atoms with Crippen LogP contribution in [0.4, 0.5) is 0 Å². The quantitative estimate of drug-likeness (QED) is 0.881. The van der Waals surface area contributed by atoms with Crippen molar-refractivity contribution in [2.24, 2.45) is 0 Å². The van der Waals surface area contributed by atoms with Crippen LogP contribution >= 0.6 is 0 Å². The van der Waals surface area contributed by atoms with Gasteiger partial charge in [0.1, 0.15) is 5.69 Å². The molecule has 0 radical (unpaired) electrons. The van der Waals surface area contributed by atoms with Gasteiger partial charge in [0.15, 0.2) is 5.54 Å². The molecular weight excluding hydrogens is 270 g/mol. The van der Waals surface area contributed by atoms with Crippen LogP contribution in [0.1, 0.15) is 28.0 Å². The average Bonchev–Trinajstić information content (AvgIpc) is 2.88. The van der Waals surface area contributed by atoms with Crippen LogP contribution in [0.3, 0.4) is 0 Å². The topological polar surface area (TPSA) is 92.2 Å². The Morgan fingerprint density at radius 3 is 2.76 bits per heavy atom. The summed E-state index contributed by atoms with van der Waals surface area (Å²) < 4.78 is 0. The van der Waals surface area contributed by atoms with E-state index in [1.54, 1.807) is 12.1 Å². The number of hydrogen-bond donors (Lipinski definition) is 2. The van der Waals surface area contributed by atoms with Gasteiger partial charge in [-0.1, -0.05) is 24.3 Å². The highest BCUT2D eigenvalue weighted by molar-refractivity contribution is 5.97. The largest absolute Gasteiger partial charge is 0.479 e. The highest BCUT2D eigenvalue weighted by atomic mass is 16.4. The summed E-state index contributed by atoms with van der Waals surface area (Å²) in [6.07, 6.45) is 5.10. The number of nitrogens with one attached hydrogen (secondary N) is 1. The van der Waals surface area contributed by atoms with Crippen LogP contribution in [0.2, 0.25) is 0 Å². The number of rotatable bonds is 3. The van der Waals surface area contributed by atoms with Gasteiger partial charge in [0.25, 0.3) is 5.91 Å². The van der Waals surface area contributed by atoms with Crippen molar-refractivity contribution in [2.45, 2.75) is 18.4 Å². The Morgan fingerprint density at radius 2 is 2.05 bits per heavy atom. The van der Waals surface area contributed by atoms with E-state index in [1.807, 2.05) is 12.1 Å². The van der Waals surface area contributed by atoms with Crippen molar-refractivity contribution in [1.29, 1.82) is 0 Å². The molecule has 1 amide bonds. The van der Waals surface area contributed by atoms with E-state index in [4.69, 9.17) is 0 Å². The molecule has 21 heavy (non-hydrogen) atoms. The van der Waals surface area contributed by atoms with Crippen molar-refractivity contribution in [1.82, 2.24) is 15.3 Å². The van der Waals surface area contributed by atoms with Crippen LogP contribution in [0.5, 0.6) is 0 Å². The van der Waals surface area contributed by atoms with E-state index in [1.165, 1.54) is 18.6 Å². The zero-order chi connectivity index (χ0) is 14.9. The number of fused-ring (bicyclic) bond motifs is 1. The number of carbonyl (C=O) groups excluding carboxylic acids is 1. The number of aliphatic carboxylic acids is 1. The SMILES string of the molecule is O=C(NC1(C(=O)O)CCc2ccccc21)c1cnccn1. The lowest BCUT2D eigenvalue weighted by Crippen LogP contribution is -2.50. The number of benzene rings is 1. The van der Waals surface area contributed by atoms with E-state index in [-0.39, 0.29) is 5.69 Å². The molecule has 1 aliphatic carbocycles. The average molecular weight is 283 g/mol. The summed E-state index contributed by atoms with van der Waals surface area (Å²) in [7, 11) is 0. The minimum Gasteiger partial charge on any atom is -0.479 e. The molecular formula is C15H13N3O3. The first-order chi connectivity index (χ1) is 10.1. The second kappa shape index (κ2) is 4.97. The maximum atomic E-state index is 12.2. The van der Waals surface area contributed by atoms with Crippen LogP contribution in [0.25, 0.3) is 0 Å². The third kappa shape index (κ3) is 2.14. The van der Waals surface area contributed by atoms with Gasteiger partial charge in [-0.05, 0) is 24.0 Å². The minimum atomic E-state index is -1.40. The molecule has 2 aromatic rings. The summed E-state index contributed by atoms with van der Waals surface area (Å²) in [5.74, 6) is -1.60. The van der Waals surface area contributed by atoms with E-state index < -0.39 is 17.4 Å². The van der Waals surface area contributed by atoms with Crippen molar-refractivity contribution in [3.63, 3.8) is 0 Å². The predicted octanol–water partition coefficient (Wildman–Crippen LogP) is 1.13. The standard InChI is InChI=1S/C15H13N3O3/c19-13(12-9-16-7-8-17-12)18-15(14(20)21)6-5-10-3-1-2-4-11(10)15/h1-4,7-9H,5-6H2,(H,18,19)(H,20,21). The molecule has 1 atom stereocenters. The van der Waals surface area contributed by atoms with Crippen LogP contribution in [-0.2, 0) is 16.8 Å². The van der Waals surface area contributed by atoms with Crippen molar-refractivity contribution in [3.8, 4) is 0 Å². The molecule has 1 heterocycles. The number of amides is 1. The highest BCUT2D eigenvalue weighted by Gasteiger charge is 2.47. The van der Waals surface area contributed by atoms with Gasteiger partial charge in [0.05, 0.1) is 6.20 Å². The Morgan fingerprint density at radius 1 is 1.24 bits per heavy atom. The highest BCUT2D eigenvalue weighted by Crippen LogP contribution is 2.37. The van der Waals surface area contributed by atoms with Gasteiger partial charge in [0.2, 0.25) is 0 Å². The monoisotopic (exact) mass is 283 g/mol. The van der Waals surface area contributed by atoms with Gasteiger partial charge in [-0.2, -0.15) is 0 Å². The van der Waals surface area contributed by atoms with E-state index in [0.29, 0.717) is 18.4 Å². The minimum absolute atomic E-state index is 0.0995. The van der Waals surface area contributed by atoms with Gasteiger partial charge in [-0.3, -0.25) is 9.78 Å². The number of nitrogens with zero attached hydrogens (tertiary/aromatic N) is 2. The fraction of sp³-hybridized carbons (Fsp3) is 0.200. The fourth-order valence-corrected chi connectivity index (χ4v) is 2.69. The number of carboxylic acids is 1. The maximum Gasteiger partial charge on any atom is 0.334 e. The Kier molecular flexibility index (Phi) is 3.13. The maximum absolute atomic E-state index is 12.2. The van der Waals surface area contributed by atoms with E-state index in [0.717, 1.165) is 5.56 Å². The third-order valence-corrected chi connectivity index (χ3v) is 3.73. The van der Waals surface area contributed by atoms with Crippen LogP contribution in [-0.4, -0.2) is 27.0 Å². The molecule has 0 aliphatic heterocycles. The molecule has 0 saturated carbocycles. The lowest BCUT2D eigenvalue weighted by Gasteiger charge is -2.26. The molecule has 106 valence electrons. The smallest absolute Gasteiger partial charge is 0.334 e. The zero-order valence-corrected chi connectivity index (χ0v) is 11.1. The molecule has 0 fully saturated rings. The molecule has 6 heteroatoms. The molecule has 1 aromatic carbocycles. The summed E-state index contributed by atoms with van der Waals surface area (Å²) in [6, 6.07) is 7.26. The van der Waals surface area contributed by atoms with E-state index >= 15 is 0 Å². The molecule has 0 spiro atoms. The second-order valence-electron chi connectivity index (χ2n) is 4.91. The van der Waals surface area contributed by atoms with E-state index in [2.05, 4.69) is 15.3 Å². The number of carboxylic acid groups (broad SMARTS) is 1. The van der Waals surface area contributed by atoms with Gasteiger partial charge < -0.3 is 10.4 Å². The second-order valence-corrected chi connectivity index (χ2v) is 4.91. The lowest BCUT2D eigenvalue weighted by molar-refractivity contribution is -0.144. The summed E-state index contributed by atoms with van der Waals surface area (Å²) in [5, 5.41) is 12.3. The molecule has 0 bridgehead atoms. The first kappa shape index (κ1) is 13.2. The van der Waals surface area contributed by atoms with Crippen LogP contribution < -0.4 is 5.32 Å². The molecule has 1 unspecified atom stereocenters. The molecule has 3 rings (SSSR count). The van der Waals surface area contributed by atoms with Gasteiger partial charge >= 0.3 is 5.97 Å². The van der Waals surface area contributed by atoms with Crippen molar-refractivity contribution in [3.05, 3.63) is 59.7 Å².